The van der Waals surface area contributed by atoms with E-state index >= 15 is 0 Å². The van der Waals surface area contributed by atoms with Crippen LogP contribution >= 0.6 is 45.2 Å². The van der Waals surface area contributed by atoms with Crippen molar-refractivity contribution in [2.45, 2.75) is 15.8 Å². The minimum atomic E-state index is 0.476. The number of rotatable bonds is 2. The molecule has 0 radical (unpaired) electrons. The number of phenols is 1. The van der Waals surface area contributed by atoms with Gasteiger partial charge in [-0.2, -0.15) is 0 Å². The van der Waals surface area contributed by atoms with Crippen LogP contribution in [0.25, 0.3) is 0 Å². The fourth-order valence-corrected chi connectivity index (χ4v) is 2.30. The largest absolute Gasteiger partial charge is 0.507 e. The smallest absolute Gasteiger partial charge is 0.123 e. The van der Waals surface area contributed by atoms with Gasteiger partial charge in [0, 0.05) is 20.0 Å². The molecule has 0 atom stereocenters. The first kappa shape index (κ1) is 10.6. The Kier molecular flexibility index (Phi) is 4.09. The number of hydrogen-bond acceptors (Lipinski definition) is 1. The van der Waals surface area contributed by atoms with Gasteiger partial charge in [-0.05, 0) is 6.92 Å². The molecule has 0 heterocycles. The summed E-state index contributed by atoms with van der Waals surface area (Å²) in [6.45, 7) is 2.06. The highest BCUT2D eigenvalue weighted by molar-refractivity contribution is 14.1. The Balaban J connectivity index is 3.22. The van der Waals surface area contributed by atoms with Crippen molar-refractivity contribution in [1.29, 1.82) is 0 Å². The summed E-state index contributed by atoms with van der Waals surface area (Å²) in [5.41, 5.74) is 3.32. The predicted molar refractivity (Wildman–Crippen MR) is 68.3 cm³/mol. The second-order valence-corrected chi connectivity index (χ2v) is 4.22. The maximum Gasteiger partial charge on any atom is 0.123 e. The van der Waals surface area contributed by atoms with Gasteiger partial charge >= 0.3 is 0 Å². The molecule has 1 N–H and O–H groups in total. The molecule has 1 aromatic carbocycles. The topological polar surface area (TPSA) is 20.2 Å². The molecule has 0 saturated heterocycles. The van der Waals surface area contributed by atoms with Gasteiger partial charge in [0.05, 0.1) is 0 Å². The molecule has 1 rings (SSSR count). The van der Waals surface area contributed by atoms with E-state index in [1.807, 2.05) is 12.1 Å². The van der Waals surface area contributed by atoms with Crippen molar-refractivity contribution < 1.29 is 5.11 Å². The summed E-state index contributed by atoms with van der Waals surface area (Å²) in [5, 5.41) is 9.70. The lowest BCUT2D eigenvalue weighted by atomic mass is 10.1. The molecule has 12 heavy (non-hydrogen) atoms. The average molecular weight is 388 g/mol. The third-order valence-corrected chi connectivity index (χ3v) is 3.34. The molecule has 0 aliphatic rings. The standard InChI is InChI=1S/C9H10I2O/c1-6-2-7(4-10)9(12)8(3-6)5-11/h2-3,12H,4-5H2,1H3. The molecule has 0 aliphatic carbocycles. The number of aryl methyl sites for hydroxylation is 1. The van der Waals surface area contributed by atoms with Crippen molar-refractivity contribution in [2.24, 2.45) is 0 Å². The molecular weight excluding hydrogens is 378 g/mol. The van der Waals surface area contributed by atoms with Crippen molar-refractivity contribution in [2.75, 3.05) is 0 Å². The number of halogens is 2. The van der Waals surface area contributed by atoms with E-state index in [2.05, 4.69) is 52.1 Å². The number of phenolic OH excluding ortho intramolecular Hbond substituents is 1. The van der Waals surface area contributed by atoms with Crippen LogP contribution in [0, 0.1) is 6.92 Å². The third-order valence-electron chi connectivity index (χ3n) is 1.70. The second kappa shape index (κ2) is 4.64. The predicted octanol–water partition coefficient (Wildman–Crippen LogP) is 3.57. The van der Waals surface area contributed by atoms with E-state index in [1.54, 1.807) is 0 Å². The van der Waals surface area contributed by atoms with Crippen molar-refractivity contribution in [3.63, 3.8) is 0 Å². The highest BCUT2D eigenvalue weighted by atomic mass is 127. The van der Waals surface area contributed by atoms with Crippen LogP contribution < -0.4 is 0 Å². The van der Waals surface area contributed by atoms with E-state index in [0.717, 1.165) is 20.0 Å². The first-order chi connectivity index (χ1) is 5.69. The summed E-state index contributed by atoms with van der Waals surface area (Å²) in [6.07, 6.45) is 0. The molecule has 3 heteroatoms. The first-order valence-corrected chi connectivity index (χ1v) is 6.67. The van der Waals surface area contributed by atoms with Crippen LogP contribution in [0.15, 0.2) is 12.1 Å². The second-order valence-electron chi connectivity index (χ2n) is 2.70. The maximum atomic E-state index is 9.70. The Morgan fingerprint density at radius 1 is 1.17 bits per heavy atom. The number of aromatic hydroxyl groups is 1. The van der Waals surface area contributed by atoms with Crippen LogP contribution in [0.2, 0.25) is 0 Å². The Hall–Kier alpha value is 0.480. The molecular formula is C9H10I2O. The zero-order valence-corrected chi connectivity index (χ0v) is 11.1. The molecule has 1 aromatic rings. The number of benzene rings is 1. The lowest BCUT2D eigenvalue weighted by molar-refractivity contribution is 0.466. The first-order valence-electron chi connectivity index (χ1n) is 3.62. The van der Waals surface area contributed by atoms with Crippen LogP contribution in [0.4, 0.5) is 0 Å². The fraction of sp³-hybridized carbons (Fsp3) is 0.333. The summed E-state index contributed by atoms with van der Waals surface area (Å²) in [4.78, 5) is 0. The monoisotopic (exact) mass is 388 g/mol. The molecule has 0 spiro atoms. The van der Waals surface area contributed by atoms with Crippen molar-refractivity contribution in [3.8, 4) is 5.75 Å². The maximum absolute atomic E-state index is 9.70. The summed E-state index contributed by atoms with van der Waals surface area (Å²) in [5.74, 6) is 0.476. The van der Waals surface area contributed by atoms with Gasteiger partial charge in [-0.3, -0.25) is 0 Å². The van der Waals surface area contributed by atoms with E-state index < -0.39 is 0 Å². The van der Waals surface area contributed by atoms with Crippen molar-refractivity contribution in [1.82, 2.24) is 0 Å². The van der Waals surface area contributed by atoms with E-state index in [1.165, 1.54) is 5.56 Å². The van der Waals surface area contributed by atoms with Gasteiger partial charge in [0.15, 0.2) is 0 Å². The van der Waals surface area contributed by atoms with Crippen molar-refractivity contribution in [3.05, 3.63) is 28.8 Å². The van der Waals surface area contributed by atoms with E-state index in [0.29, 0.717) is 5.75 Å². The zero-order valence-electron chi connectivity index (χ0n) is 6.77. The highest BCUT2D eigenvalue weighted by Gasteiger charge is 2.05. The molecule has 0 amide bonds. The Labute approximate surface area is 99.8 Å². The Morgan fingerprint density at radius 2 is 1.58 bits per heavy atom. The van der Waals surface area contributed by atoms with Gasteiger partial charge < -0.3 is 5.11 Å². The molecule has 0 bridgehead atoms. The quantitative estimate of drug-likeness (QED) is 0.607. The lowest BCUT2D eigenvalue weighted by Crippen LogP contribution is -1.87. The van der Waals surface area contributed by atoms with Gasteiger partial charge in [-0.1, -0.05) is 62.9 Å². The SMILES string of the molecule is Cc1cc(CI)c(O)c(CI)c1. The van der Waals surface area contributed by atoms with Gasteiger partial charge in [0.1, 0.15) is 5.75 Å². The van der Waals surface area contributed by atoms with Crippen molar-refractivity contribution >= 4 is 45.2 Å². The van der Waals surface area contributed by atoms with Crippen LogP contribution in [-0.4, -0.2) is 5.11 Å². The molecule has 0 aromatic heterocycles. The van der Waals surface area contributed by atoms with Gasteiger partial charge in [0.2, 0.25) is 0 Å². The van der Waals surface area contributed by atoms with Crippen LogP contribution in [0.5, 0.6) is 5.75 Å². The molecule has 0 fully saturated rings. The van der Waals surface area contributed by atoms with E-state index in [-0.39, 0.29) is 0 Å². The Morgan fingerprint density at radius 3 is 1.92 bits per heavy atom. The number of hydrogen-bond donors (Lipinski definition) is 1. The molecule has 0 aliphatic heterocycles. The van der Waals surface area contributed by atoms with Crippen LogP contribution in [0.3, 0.4) is 0 Å². The third kappa shape index (κ3) is 2.25. The molecule has 1 nitrogen and oxygen atoms in total. The summed E-state index contributed by atoms with van der Waals surface area (Å²) < 4.78 is 1.74. The normalized spacial score (nSPS) is 10.2. The van der Waals surface area contributed by atoms with Crippen LogP contribution in [0.1, 0.15) is 16.7 Å². The fourth-order valence-electron chi connectivity index (χ4n) is 1.14. The summed E-state index contributed by atoms with van der Waals surface area (Å²) >= 11 is 4.53. The van der Waals surface area contributed by atoms with Gasteiger partial charge in [-0.15, -0.1) is 0 Å². The summed E-state index contributed by atoms with van der Waals surface area (Å²) in [6, 6.07) is 4.08. The van der Waals surface area contributed by atoms with Gasteiger partial charge in [0.25, 0.3) is 0 Å². The Bertz CT molecular complexity index is 259. The molecule has 0 unspecified atom stereocenters. The van der Waals surface area contributed by atoms with E-state index in [9.17, 15) is 5.11 Å². The highest BCUT2D eigenvalue weighted by Crippen LogP contribution is 2.28. The molecule has 0 saturated carbocycles. The van der Waals surface area contributed by atoms with Gasteiger partial charge in [-0.25, -0.2) is 0 Å². The summed E-state index contributed by atoms with van der Waals surface area (Å²) in [7, 11) is 0. The zero-order chi connectivity index (χ0) is 9.14. The van der Waals surface area contributed by atoms with E-state index in [4.69, 9.17) is 0 Å². The minimum Gasteiger partial charge on any atom is -0.507 e. The average Bonchev–Trinajstić information content (AvgIpc) is 2.08. The van der Waals surface area contributed by atoms with Crippen LogP contribution in [-0.2, 0) is 8.86 Å². The number of alkyl halides is 2. The minimum absolute atomic E-state index is 0.476. The molecule has 66 valence electrons. The lowest BCUT2D eigenvalue weighted by Gasteiger charge is -2.07.